The van der Waals surface area contributed by atoms with E-state index < -0.39 is 46.5 Å². The van der Waals surface area contributed by atoms with Crippen LogP contribution in [0.4, 0.5) is 30.7 Å². The largest absolute Gasteiger partial charge is 0.432 e. The van der Waals surface area contributed by atoms with Gasteiger partial charge in [-0.15, -0.1) is 6.58 Å². The van der Waals surface area contributed by atoms with Crippen LogP contribution >= 0.6 is 0 Å². The first-order chi connectivity index (χ1) is 17.6. The molecule has 3 aromatic rings. The van der Waals surface area contributed by atoms with Crippen LogP contribution in [0.25, 0.3) is 11.1 Å². The van der Waals surface area contributed by atoms with Crippen LogP contribution in [0, 0.1) is 40.9 Å². The van der Waals surface area contributed by atoms with E-state index in [0.717, 1.165) is 43.4 Å². The number of allylic oxidation sites excluding steroid dienone is 1. The monoisotopic (exact) mass is 522 g/mol. The van der Waals surface area contributed by atoms with Crippen molar-refractivity contribution in [3.63, 3.8) is 0 Å². The smallest absolute Gasteiger partial charge is 0.429 e. The molecule has 3 aromatic carbocycles. The number of aryl methyl sites for hydroxylation is 1. The fourth-order valence-electron chi connectivity index (χ4n) is 4.76. The first-order valence-electron chi connectivity index (χ1n) is 12.0. The highest BCUT2D eigenvalue weighted by Gasteiger charge is 2.41. The highest BCUT2D eigenvalue weighted by atomic mass is 19.3. The van der Waals surface area contributed by atoms with Crippen LogP contribution in [-0.2, 0) is 12.5 Å². The van der Waals surface area contributed by atoms with Gasteiger partial charge in [0.25, 0.3) is 0 Å². The van der Waals surface area contributed by atoms with E-state index in [2.05, 4.69) is 11.3 Å². The van der Waals surface area contributed by atoms with Gasteiger partial charge in [0.15, 0.2) is 17.5 Å². The van der Waals surface area contributed by atoms with Gasteiger partial charge in [-0.25, -0.2) is 22.0 Å². The molecule has 1 aliphatic carbocycles. The minimum absolute atomic E-state index is 0.0303. The fourth-order valence-corrected chi connectivity index (χ4v) is 4.76. The van der Waals surface area contributed by atoms with Gasteiger partial charge in [-0.1, -0.05) is 30.3 Å². The zero-order valence-electron chi connectivity index (χ0n) is 19.9. The second-order valence-electron chi connectivity index (χ2n) is 9.39. The molecule has 1 fully saturated rings. The molecule has 1 aliphatic rings. The molecule has 0 spiro atoms. The van der Waals surface area contributed by atoms with Crippen LogP contribution in [-0.4, -0.2) is 0 Å². The first-order valence-corrected chi connectivity index (χ1v) is 12.0. The molecular formula is C29H25F7O. The summed E-state index contributed by atoms with van der Waals surface area (Å²) >= 11 is 0. The van der Waals surface area contributed by atoms with Crippen molar-refractivity contribution in [2.75, 3.05) is 0 Å². The van der Waals surface area contributed by atoms with Crippen molar-refractivity contribution in [2.45, 2.75) is 44.6 Å². The molecule has 8 heteroatoms. The lowest BCUT2D eigenvalue weighted by atomic mass is 9.79. The average molecular weight is 523 g/mol. The number of benzene rings is 3. The molecule has 1 saturated carbocycles. The highest BCUT2D eigenvalue weighted by molar-refractivity contribution is 5.64. The van der Waals surface area contributed by atoms with E-state index in [4.69, 9.17) is 0 Å². The van der Waals surface area contributed by atoms with Crippen molar-refractivity contribution in [3.8, 4) is 16.9 Å². The summed E-state index contributed by atoms with van der Waals surface area (Å²) in [5.41, 5.74) is -0.218. The van der Waals surface area contributed by atoms with Crippen LogP contribution in [0.3, 0.4) is 0 Å². The van der Waals surface area contributed by atoms with Gasteiger partial charge in [0.1, 0.15) is 22.9 Å². The van der Waals surface area contributed by atoms with Crippen molar-refractivity contribution in [1.82, 2.24) is 0 Å². The second kappa shape index (κ2) is 11.0. The van der Waals surface area contributed by atoms with Crippen molar-refractivity contribution in [1.29, 1.82) is 0 Å². The standard InChI is InChI=1S/C29H25F7O/c1-2-17-3-5-18(6-4-17)7-8-19-9-11-20(12-10-19)21-13-23(30)27(24(31)14-21)29(35,36)37-22-15-25(32)28(34)26(33)16-22/h2,9-18H,1,3-8H2. The summed E-state index contributed by atoms with van der Waals surface area (Å²) < 4.78 is 102. The minimum Gasteiger partial charge on any atom is -0.429 e. The van der Waals surface area contributed by atoms with E-state index in [9.17, 15) is 30.7 Å². The number of rotatable bonds is 8. The van der Waals surface area contributed by atoms with Gasteiger partial charge in [-0.05, 0) is 79.2 Å². The number of hydrogen-bond acceptors (Lipinski definition) is 1. The Bertz CT molecular complexity index is 1220. The zero-order chi connectivity index (χ0) is 26.7. The van der Waals surface area contributed by atoms with E-state index >= 15 is 0 Å². The molecule has 0 atom stereocenters. The first kappa shape index (κ1) is 26.8. The Morgan fingerprint density at radius 3 is 1.89 bits per heavy atom. The van der Waals surface area contributed by atoms with Gasteiger partial charge in [0.05, 0.1) is 0 Å². The van der Waals surface area contributed by atoms with E-state index in [1.54, 1.807) is 12.1 Å². The molecule has 0 heterocycles. The summed E-state index contributed by atoms with van der Waals surface area (Å²) in [5.74, 6) is -8.56. The quantitative estimate of drug-likeness (QED) is 0.163. The van der Waals surface area contributed by atoms with E-state index in [0.29, 0.717) is 17.4 Å². The van der Waals surface area contributed by atoms with Crippen molar-refractivity contribution < 1.29 is 35.5 Å². The summed E-state index contributed by atoms with van der Waals surface area (Å²) in [6.45, 7) is 3.86. The number of ether oxygens (including phenoxy) is 1. The van der Waals surface area contributed by atoms with Gasteiger partial charge in [0, 0.05) is 12.1 Å². The SMILES string of the molecule is C=CC1CCC(CCc2ccc(-c3cc(F)c(C(F)(F)Oc4cc(F)c(F)c(F)c4)c(F)c3)cc2)CC1. The van der Waals surface area contributed by atoms with Crippen LogP contribution in [0.2, 0.25) is 0 Å². The van der Waals surface area contributed by atoms with Gasteiger partial charge in [-0.3, -0.25) is 0 Å². The van der Waals surface area contributed by atoms with Crippen LogP contribution in [0.1, 0.15) is 43.2 Å². The van der Waals surface area contributed by atoms with Gasteiger partial charge in [-0.2, -0.15) is 8.78 Å². The average Bonchev–Trinajstić information content (AvgIpc) is 2.85. The fraction of sp³-hybridized carbons (Fsp3) is 0.310. The summed E-state index contributed by atoms with van der Waals surface area (Å²) in [6.07, 6.45) is 3.94. The number of alkyl halides is 2. The maximum absolute atomic E-state index is 14.7. The Morgan fingerprint density at radius 1 is 0.784 bits per heavy atom. The normalized spacial score (nSPS) is 18.0. The zero-order valence-corrected chi connectivity index (χ0v) is 19.9. The minimum atomic E-state index is -4.63. The third kappa shape index (κ3) is 6.17. The van der Waals surface area contributed by atoms with Crippen LogP contribution in [0.5, 0.6) is 5.75 Å². The lowest BCUT2D eigenvalue weighted by molar-refractivity contribution is -0.189. The molecule has 0 unspecified atom stereocenters. The van der Waals surface area contributed by atoms with Crippen LogP contribution in [0.15, 0.2) is 61.2 Å². The second-order valence-corrected chi connectivity index (χ2v) is 9.39. The number of hydrogen-bond donors (Lipinski definition) is 0. The lowest BCUT2D eigenvalue weighted by Crippen LogP contribution is -2.25. The highest BCUT2D eigenvalue weighted by Crippen LogP contribution is 2.38. The van der Waals surface area contributed by atoms with Gasteiger partial charge in [0.2, 0.25) is 0 Å². The Kier molecular flexibility index (Phi) is 7.95. The van der Waals surface area contributed by atoms with Gasteiger partial charge < -0.3 is 4.74 Å². The summed E-state index contributed by atoms with van der Waals surface area (Å²) in [7, 11) is 0. The molecular weight excluding hydrogens is 497 g/mol. The molecule has 0 saturated heterocycles. The maximum atomic E-state index is 14.7. The summed E-state index contributed by atoms with van der Waals surface area (Å²) in [6, 6.07) is 8.78. The Balaban J connectivity index is 1.46. The summed E-state index contributed by atoms with van der Waals surface area (Å²) in [4.78, 5) is 0. The molecule has 0 amide bonds. The predicted molar refractivity (Wildman–Crippen MR) is 127 cm³/mol. The van der Waals surface area contributed by atoms with E-state index in [1.165, 1.54) is 12.8 Å². The van der Waals surface area contributed by atoms with Gasteiger partial charge >= 0.3 is 6.11 Å². The molecule has 0 radical (unpaired) electrons. The van der Waals surface area contributed by atoms with Crippen molar-refractivity contribution >= 4 is 0 Å². The molecule has 196 valence electrons. The van der Waals surface area contributed by atoms with Crippen molar-refractivity contribution in [3.05, 3.63) is 101 Å². The Labute approximate surface area is 210 Å². The molecule has 37 heavy (non-hydrogen) atoms. The third-order valence-corrected chi connectivity index (χ3v) is 6.89. The van der Waals surface area contributed by atoms with Crippen molar-refractivity contribution in [2.24, 2.45) is 11.8 Å². The topological polar surface area (TPSA) is 9.23 Å². The van der Waals surface area contributed by atoms with Crippen LogP contribution < -0.4 is 4.74 Å². The third-order valence-electron chi connectivity index (χ3n) is 6.89. The molecule has 0 aliphatic heterocycles. The van der Waals surface area contributed by atoms with E-state index in [1.807, 2.05) is 18.2 Å². The molecule has 4 rings (SSSR count). The lowest BCUT2D eigenvalue weighted by Gasteiger charge is -2.26. The molecule has 0 aromatic heterocycles. The maximum Gasteiger partial charge on any atom is 0.432 e. The Morgan fingerprint density at radius 2 is 1.35 bits per heavy atom. The van der Waals surface area contributed by atoms with E-state index in [-0.39, 0.29) is 17.7 Å². The Hall–Kier alpha value is -3.29. The molecule has 0 bridgehead atoms. The summed E-state index contributed by atoms with van der Waals surface area (Å²) in [5, 5.41) is 0. The molecule has 0 N–H and O–H groups in total. The predicted octanol–water partition coefficient (Wildman–Crippen LogP) is 9.10. The number of halogens is 7. The molecule has 1 nitrogen and oxygen atoms in total.